The van der Waals surface area contributed by atoms with E-state index in [0.717, 1.165) is 24.0 Å². The number of unbranched alkanes of at least 4 members (excludes halogenated alkanes) is 8. The van der Waals surface area contributed by atoms with Crippen LogP contribution in [0.5, 0.6) is 0 Å². The van der Waals surface area contributed by atoms with Crippen LogP contribution in [0, 0.1) is 0 Å². The summed E-state index contributed by atoms with van der Waals surface area (Å²) >= 11 is 0. The monoisotopic (exact) mass is 418 g/mol. The van der Waals surface area contributed by atoms with E-state index in [9.17, 15) is 0 Å². The van der Waals surface area contributed by atoms with Crippen LogP contribution in [-0.4, -0.2) is 10.1 Å². The summed E-state index contributed by atoms with van der Waals surface area (Å²) in [4.78, 5) is 4.62. The smallest absolute Gasteiger partial charge is 0.258 e. The SMILES string of the molecule is CCCCCCCc1ccc(-c2noc(-c3ccc(CCCCCCC)cc3)n2)cc1. The molecule has 1 aromatic heterocycles. The van der Waals surface area contributed by atoms with Crippen LogP contribution in [0.15, 0.2) is 53.1 Å². The lowest BCUT2D eigenvalue weighted by Crippen LogP contribution is -1.88. The highest BCUT2D eigenvalue weighted by Gasteiger charge is 2.10. The first kappa shape index (κ1) is 23.2. The maximum Gasteiger partial charge on any atom is 0.258 e. The van der Waals surface area contributed by atoms with Crippen LogP contribution >= 0.6 is 0 Å². The normalized spacial score (nSPS) is 11.2. The first-order chi connectivity index (χ1) is 15.3. The molecule has 0 aliphatic carbocycles. The van der Waals surface area contributed by atoms with Crippen molar-refractivity contribution in [3.05, 3.63) is 59.7 Å². The van der Waals surface area contributed by atoms with E-state index in [0.29, 0.717) is 11.7 Å². The molecule has 3 aromatic rings. The van der Waals surface area contributed by atoms with Gasteiger partial charge in [0.15, 0.2) is 0 Å². The van der Waals surface area contributed by atoms with E-state index < -0.39 is 0 Å². The predicted octanol–water partition coefficient (Wildman–Crippen LogP) is 8.43. The molecule has 0 radical (unpaired) electrons. The third-order valence-corrected chi connectivity index (χ3v) is 5.98. The summed E-state index contributed by atoms with van der Waals surface area (Å²) in [5, 5.41) is 4.20. The maximum atomic E-state index is 5.54. The molecule has 0 aliphatic rings. The Morgan fingerprint density at radius 3 is 1.58 bits per heavy atom. The van der Waals surface area contributed by atoms with Crippen molar-refractivity contribution in [1.82, 2.24) is 10.1 Å². The van der Waals surface area contributed by atoms with Gasteiger partial charge in [-0.15, -0.1) is 0 Å². The van der Waals surface area contributed by atoms with Gasteiger partial charge in [0.05, 0.1) is 0 Å². The molecule has 0 atom stereocenters. The molecular formula is C28H38N2O. The zero-order valence-corrected chi connectivity index (χ0v) is 19.4. The van der Waals surface area contributed by atoms with Gasteiger partial charge < -0.3 is 4.52 Å². The Hall–Kier alpha value is -2.42. The molecule has 3 rings (SSSR count). The maximum absolute atomic E-state index is 5.54. The van der Waals surface area contributed by atoms with Crippen molar-refractivity contribution < 1.29 is 4.52 Å². The highest BCUT2D eigenvalue weighted by Crippen LogP contribution is 2.23. The lowest BCUT2D eigenvalue weighted by atomic mass is 10.0. The Bertz CT molecular complexity index is 793. The van der Waals surface area contributed by atoms with E-state index in [2.05, 4.69) is 72.5 Å². The molecule has 2 aromatic carbocycles. The highest BCUT2D eigenvalue weighted by molar-refractivity contribution is 5.60. The van der Waals surface area contributed by atoms with Crippen LogP contribution in [-0.2, 0) is 12.8 Å². The molecule has 0 saturated carbocycles. The van der Waals surface area contributed by atoms with Gasteiger partial charge in [-0.1, -0.05) is 107 Å². The largest absolute Gasteiger partial charge is 0.334 e. The van der Waals surface area contributed by atoms with Crippen LogP contribution < -0.4 is 0 Å². The average Bonchev–Trinajstić information content (AvgIpc) is 3.30. The minimum Gasteiger partial charge on any atom is -0.334 e. The number of hydrogen-bond donors (Lipinski definition) is 0. The van der Waals surface area contributed by atoms with Crippen LogP contribution in [0.4, 0.5) is 0 Å². The molecule has 0 bridgehead atoms. The Labute approximate surface area is 188 Å². The molecule has 0 N–H and O–H groups in total. The van der Waals surface area contributed by atoms with Crippen molar-refractivity contribution >= 4 is 0 Å². The fraction of sp³-hybridized carbons (Fsp3) is 0.500. The summed E-state index contributed by atoms with van der Waals surface area (Å²) in [6.45, 7) is 4.51. The Morgan fingerprint density at radius 2 is 1.06 bits per heavy atom. The van der Waals surface area contributed by atoms with Crippen molar-refractivity contribution in [2.75, 3.05) is 0 Å². The zero-order valence-electron chi connectivity index (χ0n) is 19.4. The second kappa shape index (κ2) is 13.1. The van der Waals surface area contributed by atoms with Gasteiger partial charge in [0.25, 0.3) is 5.89 Å². The standard InChI is InChI=1S/C28H38N2O/c1-3-5-7-9-11-13-23-15-19-25(20-16-23)27-29-28(31-30-27)26-21-17-24(18-22-26)14-12-10-8-6-4-2/h15-22H,3-14H2,1-2H3. The van der Waals surface area contributed by atoms with Crippen LogP contribution in [0.25, 0.3) is 22.8 Å². The molecule has 0 spiro atoms. The van der Waals surface area contributed by atoms with Gasteiger partial charge in [-0.3, -0.25) is 0 Å². The van der Waals surface area contributed by atoms with Crippen LogP contribution in [0.2, 0.25) is 0 Å². The molecule has 31 heavy (non-hydrogen) atoms. The number of aromatic nitrogens is 2. The van der Waals surface area contributed by atoms with Crippen molar-refractivity contribution in [3.8, 4) is 22.8 Å². The predicted molar refractivity (Wildman–Crippen MR) is 130 cm³/mol. The molecule has 0 unspecified atom stereocenters. The number of hydrogen-bond acceptors (Lipinski definition) is 3. The summed E-state index contributed by atoms with van der Waals surface area (Å²) < 4.78 is 5.54. The molecule has 166 valence electrons. The molecule has 3 nitrogen and oxygen atoms in total. The summed E-state index contributed by atoms with van der Waals surface area (Å²) in [5.74, 6) is 1.24. The van der Waals surface area contributed by atoms with Gasteiger partial charge in [0, 0.05) is 11.1 Å². The fourth-order valence-electron chi connectivity index (χ4n) is 3.96. The second-order valence-corrected chi connectivity index (χ2v) is 8.65. The minimum absolute atomic E-state index is 0.587. The van der Waals surface area contributed by atoms with Gasteiger partial charge in [0.2, 0.25) is 5.82 Å². The van der Waals surface area contributed by atoms with E-state index in [1.54, 1.807) is 0 Å². The van der Waals surface area contributed by atoms with E-state index in [1.807, 2.05) is 0 Å². The molecule has 0 saturated heterocycles. The first-order valence-electron chi connectivity index (χ1n) is 12.3. The topological polar surface area (TPSA) is 38.9 Å². The zero-order chi connectivity index (χ0) is 21.7. The third-order valence-electron chi connectivity index (χ3n) is 5.98. The number of rotatable bonds is 14. The number of nitrogens with zero attached hydrogens (tertiary/aromatic N) is 2. The average molecular weight is 419 g/mol. The van der Waals surface area contributed by atoms with Gasteiger partial charge in [-0.2, -0.15) is 4.98 Å². The van der Waals surface area contributed by atoms with Crippen molar-refractivity contribution in [2.24, 2.45) is 0 Å². The van der Waals surface area contributed by atoms with Gasteiger partial charge in [0.1, 0.15) is 0 Å². The summed E-state index contributed by atoms with van der Waals surface area (Å²) in [5.41, 5.74) is 4.75. The summed E-state index contributed by atoms with van der Waals surface area (Å²) in [7, 11) is 0. The van der Waals surface area contributed by atoms with Gasteiger partial charge in [-0.25, -0.2) is 0 Å². The van der Waals surface area contributed by atoms with E-state index in [1.165, 1.54) is 75.3 Å². The Morgan fingerprint density at radius 1 is 0.581 bits per heavy atom. The molecule has 0 fully saturated rings. The van der Waals surface area contributed by atoms with E-state index >= 15 is 0 Å². The summed E-state index contributed by atoms with van der Waals surface area (Å²) in [6.07, 6.45) is 15.4. The van der Waals surface area contributed by atoms with E-state index in [4.69, 9.17) is 4.52 Å². The number of aryl methyl sites for hydroxylation is 2. The highest BCUT2D eigenvalue weighted by atomic mass is 16.5. The van der Waals surface area contributed by atoms with Crippen molar-refractivity contribution in [2.45, 2.75) is 90.9 Å². The molecule has 0 amide bonds. The molecular weight excluding hydrogens is 380 g/mol. The molecule has 3 heteroatoms. The van der Waals surface area contributed by atoms with Crippen LogP contribution in [0.1, 0.15) is 89.2 Å². The van der Waals surface area contributed by atoms with E-state index in [-0.39, 0.29) is 0 Å². The van der Waals surface area contributed by atoms with Crippen molar-refractivity contribution in [1.29, 1.82) is 0 Å². The summed E-state index contributed by atoms with van der Waals surface area (Å²) in [6, 6.07) is 17.2. The lowest BCUT2D eigenvalue weighted by Gasteiger charge is -2.03. The number of benzene rings is 2. The quantitative estimate of drug-likeness (QED) is 0.247. The fourth-order valence-corrected chi connectivity index (χ4v) is 3.96. The third kappa shape index (κ3) is 7.65. The Kier molecular flexibility index (Phi) is 9.82. The lowest BCUT2D eigenvalue weighted by molar-refractivity contribution is 0.432. The Balaban J connectivity index is 1.51. The van der Waals surface area contributed by atoms with Crippen molar-refractivity contribution in [3.63, 3.8) is 0 Å². The molecule has 0 aliphatic heterocycles. The minimum atomic E-state index is 0.587. The van der Waals surface area contributed by atoms with Gasteiger partial charge >= 0.3 is 0 Å². The second-order valence-electron chi connectivity index (χ2n) is 8.65. The van der Waals surface area contributed by atoms with Crippen LogP contribution in [0.3, 0.4) is 0 Å². The molecule has 1 heterocycles. The first-order valence-corrected chi connectivity index (χ1v) is 12.3. The van der Waals surface area contributed by atoms with Gasteiger partial charge in [-0.05, 0) is 48.9 Å².